The second kappa shape index (κ2) is 10.4. The van der Waals surface area contributed by atoms with Crippen LogP contribution >= 0.6 is 0 Å². The fourth-order valence-corrected chi connectivity index (χ4v) is 2.21. The highest BCUT2D eigenvalue weighted by molar-refractivity contribution is 5.96. The number of para-hydroxylation sites is 1. The predicted molar refractivity (Wildman–Crippen MR) is 100 cm³/mol. The molecule has 26 heavy (non-hydrogen) atoms. The first-order valence-corrected chi connectivity index (χ1v) is 8.80. The second-order valence-corrected chi connectivity index (χ2v) is 6.86. The molecule has 3 N–H and O–H groups in total. The highest BCUT2D eigenvalue weighted by Crippen LogP contribution is 2.17. The molecule has 0 spiro atoms. The van der Waals surface area contributed by atoms with Crippen LogP contribution in [0.3, 0.4) is 0 Å². The number of amides is 3. The largest absolute Gasteiger partial charge is 0.493 e. The number of carbonyl (C=O) groups excluding carboxylic acids is 3. The van der Waals surface area contributed by atoms with Gasteiger partial charge in [-0.2, -0.15) is 0 Å². The van der Waals surface area contributed by atoms with Crippen LogP contribution in [0.4, 0.5) is 0 Å². The first-order valence-electron chi connectivity index (χ1n) is 8.80. The minimum Gasteiger partial charge on any atom is -0.493 e. The second-order valence-electron chi connectivity index (χ2n) is 6.86. The monoisotopic (exact) mass is 363 g/mol. The van der Waals surface area contributed by atoms with Gasteiger partial charge in [0.2, 0.25) is 11.8 Å². The van der Waals surface area contributed by atoms with Gasteiger partial charge in [-0.05, 0) is 46.2 Å². The molecule has 0 aromatic heterocycles. The molecular weight excluding hydrogens is 334 g/mol. The number of ether oxygens (including phenoxy) is 1. The molecule has 144 valence electrons. The van der Waals surface area contributed by atoms with Crippen LogP contribution in [-0.2, 0) is 9.59 Å². The van der Waals surface area contributed by atoms with Crippen molar-refractivity contribution in [3.8, 4) is 5.75 Å². The number of hydrogen-bond donors (Lipinski definition) is 3. The Morgan fingerprint density at radius 3 is 2.38 bits per heavy atom. The minimum atomic E-state index is -0.329. The number of rotatable bonds is 9. The molecule has 0 radical (unpaired) electrons. The van der Waals surface area contributed by atoms with Gasteiger partial charge in [-0.1, -0.05) is 12.1 Å². The summed E-state index contributed by atoms with van der Waals surface area (Å²) in [6.07, 6.45) is 0.714. The zero-order chi connectivity index (χ0) is 19.6. The summed E-state index contributed by atoms with van der Waals surface area (Å²) in [7, 11) is 0. The zero-order valence-corrected chi connectivity index (χ0v) is 16.0. The Kier molecular flexibility index (Phi) is 8.61. The van der Waals surface area contributed by atoms with Crippen LogP contribution in [0.2, 0.25) is 0 Å². The number of carbonyl (C=O) groups is 3. The lowest BCUT2D eigenvalue weighted by Gasteiger charge is -2.20. The van der Waals surface area contributed by atoms with Gasteiger partial charge >= 0.3 is 0 Å². The fraction of sp³-hybridized carbons (Fsp3) is 0.526. The predicted octanol–water partition coefficient (Wildman–Crippen LogP) is 1.63. The lowest BCUT2D eigenvalue weighted by Crippen LogP contribution is -2.45. The molecule has 0 bridgehead atoms. The van der Waals surface area contributed by atoms with E-state index in [9.17, 15) is 14.4 Å². The first-order chi connectivity index (χ1) is 12.2. The number of nitrogens with one attached hydrogen (secondary N) is 3. The standard InChI is InChI=1S/C19H29N3O4/c1-5-26-15-10-7-6-9-14(15)18(25)20-12-8-11-16(23)21-13-17(24)22-19(2,3)4/h6-7,9-10H,5,8,11-13H2,1-4H3,(H,20,25)(H,21,23)(H,22,24). The molecule has 0 aliphatic rings. The van der Waals surface area contributed by atoms with Gasteiger partial charge in [0.1, 0.15) is 5.75 Å². The van der Waals surface area contributed by atoms with E-state index in [1.165, 1.54) is 0 Å². The summed E-state index contributed by atoms with van der Waals surface area (Å²) in [6, 6.07) is 7.02. The summed E-state index contributed by atoms with van der Waals surface area (Å²) in [5.74, 6) is -0.154. The maximum absolute atomic E-state index is 12.2. The molecule has 0 aliphatic carbocycles. The van der Waals surface area contributed by atoms with Crippen LogP contribution in [0.15, 0.2) is 24.3 Å². The number of benzene rings is 1. The van der Waals surface area contributed by atoms with E-state index in [-0.39, 0.29) is 36.2 Å². The van der Waals surface area contributed by atoms with Crippen LogP contribution in [0.1, 0.15) is 50.9 Å². The summed E-state index contributed by atoms with van der Waals surface area (Å²) in [5.41, 5.74) is 0.141. The van der Waals surface area contributed by atoms with Crippen molar-refractivity contribution < 1.29 is 19.1 Å². The van der Waals surface area contributed by atoms with Crippen LogP contribution in [-0.4, -0.2) is 43.0 Å². The molecular formula is C19H29N3O4. The topological polar surface area (TPSA) is 96.5 Å². The van der Waals surface area contributed by atoms with Gasteiger partial charge in [-0.3, -0.25) is 14.4 Å². The van der Waals surface area contributed by atoms with Gasteiger partial charge in [0.25, 0.3) is 5.91 Å². The van der Waals surface area contributed by atoms with Crippen LogP contribution in [0.25, 0.3) is 0 Å². The average Bonchev–Trinajstić information content (AvgIpc) is 2.56. The highest BCUT2D eigenvalue weighted by atomic mass is 16.5. The van der Waals surface area contributed by atoms with E-state index in [0.29, 0.717) is 30.9 Å². The SMILES string of the molecule is CCOc1ccccc1C(=O)NCCCC(=O)NCC(=O)NC(C)(C)C. The molecule has 0 saturated carbocycles. The third kappa shape index (κ3) is 8.50. The molecule has 0 unspecified atom stereocenters. The maximum atomic E-state index is 12.2. The zero-order valence-electron chi connectivity index (χ0n) is 16.0. The molecule has 1 aromatic rings. The van der Waals surface area contributed by atoms with Gasteiger partial charge in [0.05, 0.1) is 18.7 Å². The maximum Gasteiger partial charge on any atom is 0.255 e. The normalized spacial score (nSPS) is 10.8. The van der Waals surface area contributed by atoms with E-state index in [0.717, 1.165) is 0 Å². The van der Waals surface area contributed by atoms with E-state index < -0.39 is 0 Å². The lowest BCUT2D eigenvalue weighted by atomic mass is 10.1. The Morgan fingerprint density at radius 1 is 1.04 bits per heavy atom. The van der Waals surface area contributed by atoms with E-state index in [1.807, 2.05) is 33.8 Å². The minimum absolute atomic E-state index is 0.0514. The van der Waals surface area contributed by atoms with Gasteiger partial charge < -0.3 is 20.7 Å². The van der Waals surface area contributed by atoms with Gasteiger partial charge in [0, 0.05) is 18.5 Å². The van der Waals surface area contributed by atoms with Gasteiger partial charge in [-0.15, -0.1) is 0 Å². The molecule has 1 rings (SSSR count). The molecule has 7 nitrogen and oxygen atoms in total. The highest BCUT2D eigenvalue weighted by Gasteiger charge is 2.14. The molecule has 0 atom stereocenters. The van der Waals surface area contributed by atoms with Crippen molar-refractivity contribution in [1.82, 2.24) is 16.0 Å². The summed E-state index contributed by atoms with van der Waals surface area (Å²) < 4.78 is 5.43. The molecule has 1 aromatic carbocycles. The van der Waals surface area contributed by atoms with Crippen LogP contribution in [0, 0.1) is 0 Å². The quantitative estimate of drug-likeness (QED) is 0.581. The van der Waals surface area contributed by atoms with Crippen molar-refractivity contribution in [3.63, 3.8) is 0 Å². The number of hydrogen-bond acceptors (Lipinski definition) is 4. The Hall–Kier alpha value is -2.57. The van der Waals surface area contributed by atoms with Crippen LogP contribution in [0.5, 0.6) is 5.75 Å². The Bertz CT molecular complexity index is 623. The fourth-order valence-electron chi connectivity index (χ4n) is 2.21. The third-order valence-electron chi connectivity index (χ3n) is 3.26. The summed E-state index contributed by atoms with van der Waals surface area (Å²) >= 11 is 0. The van der Waals surface area contributed by atoms with Crippen molar-refractivity contribution in [3.05, 3.63) is 29.8 Å². The molecule has 0 saturated heterocycles. The summed E-state index contributed by atoms with van der Waals surface area (Å²) in [6.45, 7) is 8.27. The Morgan fingerprint density at radius 2 is 1.73 bits per heavy atom. The third-order valence-corrected chi connectivity index (χ3v) is 3.26. The first kappa shape index (κ1) is 21.5. The van der Waals surface area contributed by atoms with E-state index in [1.54, 1.807) is 18.2 Å². The van der Waals surface area contributed by atoms with E-state index in [4.69, 9.17) is 4.74 Å². The van der Waals surface area contributed by atoms with Gasteiger partial charge in [-0.25, -0.2) is 0 Å². The molecule has 7 heteroatoms. The van der Waals surface area contributed by atoms with Crippen molar-refractivity contribution in [1.29, 1.82) is 0 Å². The molecule has 0 fully saturated rings. The molecule has 0 aliphatic heterocycles. The van der Waals surface area contributed by atoms with Crippen molar-refractivity contribution >= 4 is 17.7 Å². The Labute approximate surface area is 154 Å². The van der Waals surface area contributed by atoms with E-state index >= 15 is 0 Å². The Balaban J connectivity index is 2.28. The average molecular weight is 363 g/mol. The van der Waals surface area contributed by atoms with Crippen molar-refractivity contribution in [2.45, 2.75) is 46.1 Å². The van der Waals surface area contributed by atoms with Crippen molar-refractivity contribution in [2.75, 3.05) is 19.7 Å². The lowest BCUT2D eigenvalue weighted by molar-refractivity contribution is -0.126. The smallest absolute Gasteiger partial charge is 0.255 e. The van der Waals surface area contributed by atoms with Gasteiger partial charge in [0.15, 0.2) is 0 Å². The van der Waals surface area contributed by atoms with E-state index in [2.05, 4.69) is 16.0 Å². The van der Waals surface area contributed by atoms with Crippen LogP contribution < -0.4 is 20.7 Å². The summed E-state index contributed by atoms with van der Waals surface area (Å²) in [5, 5.41) is 8.11. The summed E-state index contributed by atoms with van der Waals surface area (Å²) in [4.78, 5) is 35.6. The molecule has 0 heterocycles. The van der Waals surface area contributed by atoms with Crippen molar-refractivity contribution in [2.24, 2.45) is 0 Å². The molecule has 3 amide bonds.